The monoisotopic (exact) mass is 330 g/mol. The largest absolute Gasteiger partial charge is 0.331 e. The molecule has 0 unspecified atom stereocenters. The molecule has 5 heteroatoms. The Morgan fingerprint density at radius 2 is 1.91 bits per heavy atom. The van der Waals surface area contributed by atoms with Crippen molar-refractivity contribution in [3.8, 4) is 0 Å². The molecule has 1 amide bonds. The van der Waals surface area contributed by atoms with Crippen LogP contribution in [0.4, 0.5) is 0 Å². The number of carbonyl (C=O) groups is 1. The van der Waals surface area contributed by atoms with Crippen molar-refractivity contribution in [3.63, 3.8) is 0 Å². The van der Waals surface area contributed by atoms with E-state index >= 15 is 0 Å². The minimum atomic E-state index is -0.287. The zero-order chi connectivity index (χ0) is 16.8. The number of pyridine rings is 1. The van der Waals surface area contributed by atoms with E-state index in [9.17, 15) is 9.59 Å². The minimum Gasteiger partial charge on any atom is -0.331 e. The average molecular weight is 331 g/mol. The van der Waals surface area contributed by atoms with Crippen LogP contribution in [-0.2, 0) is 6.54 Å². The SMILES string of the molecule is CC(C)=CCN(Cc1ccc(Cl)cc1)C(=O)c1cc[nH]c(=O)c1. The molecule has 0 atom stereocenters. The number of carbonyl (C=O) groups excluding carboxylic acids is 1. The summed E-state index contributed by atoms with van der Waals surface area (Å²) in [6, 6.07) is 10.3. The molecule has 0 bridgehead atoms. The Morgan fingerprint density at radius 3 is 2.52 bits per heavy atom. The van der Waals surface area contributed by atoms with Crippen LogP contribution >= 0.6 is 11.6 Å². The Balaban J connectivity index is 2.25. The molecule has 0 saturated heterocycles. The number of halogens is 1. The molecule has 0 radical (unpaired) electrons. The number of hydrogen-bond donors (Lipinski definition) is 1. The van der Waals surface area contributed by atoms with Gasteiger partial charge in [0.25, 0.3) is 5.91 Å². The van der Waals surface area contributed by atoms with Gasteiger partial charge in [0.05, 0.1) is 0 Å². The first kappa shape index (κ1) is 17.0. The normalized spacial score (nSPS) is 10.2. The summed E-state index contributed by atoms with van der Waals surface area (Å²) in [5.74, 6) is -0.177. The molecular weight excluding hydrogens is 312 g/mol. The Morgan fingerprint density at radius 1 is 1.22 bits per heavy atom. The first-order valence-electron chi connectivity index (χ1n) is 7.31. The van der Waals surface area contributed by atoms with E-state index in [0.29, 0.717) is 23.7 Å². The predicted octanol–water partition coefficient (Wildman–Crippen LogP) is 3.64. The van der Waals surface area contributed by atoms with E-state index in [2.05, 4.69) is 4.98 Å². The highest BCUT2D eigenvalue weighted by Gasteiger charge is 2.15. The van der Waals surface area contributed by atoms with Crippen LogP contribution < -0.4 is 5.56 Å². The number of aromatic nitrogens is 1. The Hall–Kier alpha value is -2.33. The van der Waals surface area contributed by atoms with Gasteiger partial charge in [0.1, 0.15) is 0 Å². The van der Waals surface area contributed by atoms with E-state index in [0.717, 1.165) is 11.1 Å². The van der Waals surface area contributed by atoms with Gasteiger partial charge in [0.15, 0.2) is 0 Å². The van der Waals surface area contributed by atoms with Crippen LogP contribution in [0.5, 0.6) is 0 Å². The molecule has 23 heavy (non-hydrogen) atoms. The number of amides is 1. The number of rotatable bonds is 5. The summed E-state index contributed by atoms with van der Waals surface area (Å²) < 4.78 is 0. The van der Waals surface area contributed by atoms with Crippen molar-refractivity contribution in [2.75, 3.05) is 6.54 Å². The van der Waals surface area contributed by atoms with Gasteiger partial charge in [-0.25, -0.2) is 0 Å². The summed E-state index contributed by atoms with van der Waals surface area (Å²) >= 11 is 5.90. The van der Waals surface area contributed by atoms with E-state index in [1.165, 1.54) is 12.3 Å². The number of nitrogens with zero attached hydrogens (tertiary/aromatic N) is 1. The van der Waals surface area contributed by atoms with Crippen LogP contribution in [0.15, 0.2) is 59.0 Å². The average Bonchev–Trinajstić information content (AvgIpc) is 2.52. The molecule has 0 fully saturated rings. The van der Waals surface area contributed by atoms with Crippen LogP contribution in [-0.4, -0.2) is 22.3 Å². The number of hydrogen-bond acceptors (Lipinski definition) is 2. The van der Waals surface area contributed by atoms with Crippen LogP contribution in [0, 0.1) is 0 Å². The predicted molar refractivity (Wildman–Crippen MR) is 92.7 cm³/mol. The number of H-pyrrole nitrogens is 1. The zero-order valence-electron chi connectivity index (χ0n) is 13.2. The Bertz CT molecular complexity index is 759. The lowest BCUT2D eigenvalue weighted by Crippen LogP contribution is -2.31. The van der Waals surface area contributed by atoms with Gasteiger partial charge < -0.3 is 9.88 Å². The Labute approximate surface area is 140 Å². The van der Waals surface area contributed by atoms with Crippen molar-refractivity contribution in [1.29, 1.82) is 0 Å². The number of benzene rings is 1. The molecule has 0 aliphatic rings. The number of allylic oxidation sites excluding steroid dienone is 1. The highest BCUT2D eigenvalue weighted by atomic mass is 35.5. The van der Waals surface area contributed by atoms with Gasteiger partial charge in [-0.05, 0) is 37.6 Å². The van der Waals surface area contributed by atoms with E-state index in [4.69, 9.17) is 11.6 Å². The maximum Gasteiger partial charge on any atom is 0.254 e. The van der Waals surface area contributed by atoms with E-state index in [-0.39, 0.29) is 11.5 Å². The molecule has 0 aliphatic heterocycles. The summed E-state index contributed by atoms with van der Waals surface area (Å²) in [6.07, 6.45) is 3.47. The third-order valence-corrected chi connectivity index (χ3v) is 3.57. The molecule has 0 spiro atoms. The van der Waals surface area contributed by atoms with E-state index in [1.807, 2.05) is 32.1 Å². The molecular formula is C18H19ClN2O2. The summed E-state index contributed by atoms with van der Waals surface area (Å²) in [7, 11) is 0. The van der Waals surface area contributed by atoms with Crippen molar-refractivity contribution in [2.45, 2.75) is 20.4 Å². The second-order valence-corrected chi connectivity index (χ2v) is 5.97. The fourth-order valence-corrected chi connectivity index (χ4v) is 2.21. The molecule has 120 valence electrons. The molecule has 1 heterocycles. The van der Waals surface area contributed by atoms with Crippen LogP contribution in [0.3, 0.4) is 0 Å². The molecule has 1 N–H and O–H groups in total. The highest BCUT2D eigenvalue weighted by molar-refractivity contribution is 6.30. The van der Waals surface area contributed by atoms with E-state index in [1.54, 1.807) is 23.1 Å². The lowest BCUT2D eigenvalue weighted by atomic mass is 10.1. The van der Waals surface area contributed by atoms with Crippen molar-refractivity contribution in [1.82, 2.24) is 9.88 Å². The van der Waals surface area contributed by atoms with Gasteiger partial charge in [-0.3, -0.25) is 9.59 Å². The summed E-state index contributed by atoms with van der Waals surface area (Å²) in [5, 5.41) is 0.658. The van der Waals surface area contributed by atoms with E-state index < -0.39 is 0 Å². The topological polar surface area (TPSA) is 53.2 Å². The van der Waals surface area contributed by atoms with Gasteiger partial charge in [0, 0.05) is 35.9 Å². The summed E-state index contributed by atoms with van der Waals surface area (Å²) in [5.41, 5.74) is 2.20. The van der Waals surface area contributed by atoms with Crippen molar-refractivity contribution >= 4 is 17.5 Å². The lowest BCUT2D eigenvalue weighted by molar-refractivity contribution is 0.0762. The fraction of sp³-hybridized carbons (Fsp3) is 0.222. The number of nitrogens with one attached hydrogen (secondary N) is 1. The second kappa shape index (κ2) is 7.79. The highest BCUT2D eigenvalue weighted by Crippen LogP contribution is 2.13. The summed E-state index contributed by atoms with van der Waals surface area (Å²) in [4.78, 5) is 28.3. The first-order chi connectivity index (χ1) is 11.0. The third-order valence-electron chi connectivity index (χ3n) is 3.32. The maximum absolute atomic E-state index is 12.7. The van der Waals surface area contributed by atoms with Gasteiger partial charge >= 0.3 is 0 Å². The van der Waals surface area contributed by atoms with Gasteiger partial charge in [-0.15, -0.1) is 0 Å². The van der Waals surface area contributed by atoms with Crippen molar-refractivity contribution < 1.29 is 4.79 Å². The van der Waals surface area contributed by atoms with Crippen molar-refractivity contribution in [3.05, 3.63) is 80.7 Å². The molecule has 2 aromatic rings. The molecule has 1 aromatic carbocycles. The maximum atomic E-state index is 12.7. The first-order valence-corrected chi connectivity index (χ1v) is 7.69. The second-order valence-electron chi connectivity index (χ2n) is 5.54. The molecule has 0 aliphatic carbocycles. The third kappa shape index (κ3) is 5.11. The quantitative estimate of drug-likeness (QED) is 0.851. The molecule has 1 aromatic heterocycles. The van der Waals surface area contributed by atoms with Gasteiger partial charge in [0.2, 0.25) is 5.56 Å². The van der Waals surface area contributed by atoms with Crippen LogP contribution in [0.2, 0.25) is 5.02 Å². The molecule has 0 saturated carbocycles. The van der Waals surface area contributed by atoms with Crippen molar-refractivity contribution in [2.24, 2.45) is 0 Å². The van der Waals surface area contributed by atoms with Crippen LogP contribution in [0.25, 0.3) is 0 Å². The number of aromatic amines is 1. The smallest absolute Gasteiger partial charge is 0.254 e. The zero-order valence-corrected chi connectivity index (χ0v) is 13.9. The Kier molecular flexibility index (Phi) is 5.77. The van der Waals surface area contributed by atoms with Gasteiger partial charge in [-0.2, -0.15) is 0 Å². The fourth-order valence-electron chi connectivity index (χ4n) is 2.08. The molecule has 2 rings (SSSR count). The standard InChI is InChI=1S/C18H19ClN2O2/c1-13(2)8-10-21(12-14-3-5-16(19)6-4-14)18(23)15-7-9-20-17(22)11-15/h3-9,11H,10,12H2,1-2H3,(H,20,22). The van der Waals surface area contributed by atoms with Gasteiger partial charge in [-0.1, -0.05) is 35.4 Å². The molecule has 4 nitrogen and oxygen atoms in total. The minimum absolute atomic E-state index is 0.177. The lowest BCUT2D eigenvalue weighted by Gasteiger charge is -2.22. The summed E-state index contributed by atoms with van der Waals surface area (Å²) in [6.45, 7) is 4.90. The van der Waals surface area contributed by atoms with Crippen LogP contribution in [0.1, 0.15) is 29.8 Å².